The van der Waals surface area contributed by atoms with E-state index in [1.807, 2.05) is 25.1 Å². The van der Waals surface area contributed by atoms with E-state index in [9.17, 15) is 14.4 Å². The van der Waals surface area contributed by atoms with Gasteiger partial charge < -0.3 is 10.2 Å². The van der Waals surface area contributed by atoms with Crippen LogP contribution in [0.5, 0.6) is 0 Å². The van der Waals surface area contributed by atoms with Crippen LogP contribution in [-0.2, 0) is 17.6 Å². The topological polar surface area (TPSA) is 98.4 Å². The standard InChI is InChI=1S/C25H31N5O3/c1-15(2)20-14-21(28-27-20)22(31)29-10-8-18(9-11-29)25(3)23(32)30(24(33)26-25)19-12-16-6-4-5-7-17(16)13-19/h4-7,14-15,18-19H,8-13H2,1-3H3,(H,26,33)(H,27,28). The number of H-pyrrole nitrogens is 1. The third-order valence-corrected chi connectivity index (χ3v) is 7.68. The van der Waals surface area contributed by atoms with Gasteiger partial charge in [-0.05, 0) is 61.6 Å². The molecule has 174 valence electrons. The van der Waals surface area contributed by atoms with Crippen molar-refractivity contribution in [2.24, 2.45) is 5.92 Å². The molecule has 5 rings (SSSR count). The highest BCUT2D eigenvalue weighted by Gasteiger charge is 2.55. The second-order valence-corrected chi connectivity index (χ2v) is 10.1. The first-order valence-electron chi connectivity index (χ1n) is 11.8. The molecule has 1 atom stereocenters. The minimum Gasteiger partial charge on any atom is -0.337 e. The summed E-state index contributed by atoms with van der Waals surface area (Å²) in [4.78, 5) is 42.6. The zero-order valence-electron chi connectivity index (χ0n) is 19.4. The van der Waals surface area contributed by atoms with Crippen LogP contribution in [0.15, 0.2) is 30.3 Å². The van der Waals surface area contributed by atoms with E-state index in [-0.39, 0.29) is 35.7 Å². The van der Waals surface area contributed by atoms with E-state index in [2.05, 4.69) is 41.5 Å². The van der Waals surface area contributed by atoms with E-state index in [1.54, 1.807) is 4.90 Å². The highest BCUT2D eigenvalue weighted by molar-refractivity contribution is 6.07. The van der Waals surface area contributed by atoms with Crippen molar-refractivity contribution in [2.75, 3.05) is 13.1 Å². The molecule has 2 saturated heterocycles. The van der Waals surface area contributed by atoms with Gasteiger partial charge in [-0.1, -0.05) is 38.1 Å². The van der Waals surface area contributed by atoms with Crippen LogP contribution in [-0.4, -0.2) is 62.5 Å². The van der Waals surface area contributed by atoms with Crippen molar-refractivity contribution in [3.63, 3.8) is 0 Å². The van der Waals surface area contributed by atoms with Crippen molar-refractivity contribution < 1.29 is 14.4 Å². The molecule has 2 aromatic rings. The molecule has 0 spiro atoms. The lowest BCUT2D eigenvalue weighted by Crippen LogP contribution is -2.55. The number of amides is 4. The first-order valence-corrected chi connectivity index (χ1v) is 11.8. The molecular weight excluding hydrogens is 418 g/mol. The molecule has 3 aliphatic rings. The lowest BCUT2D eigenvalue weighted by atomic mass is 9.78. The van der Waals surface area contributed by atoms with E-state index >= 15 is 0 Å². The zero-order valence-corrected chi connectivity index (χ0v) is 19.4. The molecule has 4 amide bonds. The number of piperidine rings is 1. The minimum absolute atomic E-state index is 0.0165. The second-order valence-electron chi connectivity index (χ2n) is 10.1. The highest BCUT2D eigenvalue weighted by Crippen LogP contribution is 2.36. The molecule has 2 N–H and O–H groups in total. The molecule has 1 unspecified atom stereocenters. The van der Waals surface area contributed by atoms with Gasteiger partial charge in [-0.3, -0.25) is 19.6 Å². The Morgan fingerprint density at radius 3 is 2.33 bits per heavy atom. The van der Waals surface area contributed by atoms with Crippen molar-refractivity contribution in [1.29, 1.82) is 0 Å². The Kier molecular flexibility index (Phi) is 5.26. The number of nitrogens with zero attached hydrogens (tertiary/aromatic N) is 3. The molecule has 8 nitrogen and oxygen atoms in total. The van der Waals surface area contributed by atoms with E-state index in [1.165, 1.54) is 16.0 Å². The summed E-state index contributed by atoms with van der Waals surface area (Å²) in [6, 6.07) is 9.53. The van der Waals surface area contributed by atoms with Crippen molar-refractivity contribution in [3.05, 3.63) is 52.8 Å². The summed E-state index contributed by atoms with van der Waals surface area (Å²) in [5, 5.41) is 10.1. The lowest BCUT2D eigenvalue weighted by Gasteiger charge is -2.38. The van der Waals surface area contributed by atoms with Gasteiger partial charge in [-0.2, -0.15) is 5.10 Å². The smallest absolute Gasteiger partial charge is 0.325 e. The number of aromatic nitrogens is 2. The van der Waals surface area contributed by atoms with Crippen LogP contribution in [0, 0.1) is 5.92 Å². The maximum atomic E-state index is 13.5. The van der Waals surface area contributed by atoms with E-state index in [0.717, 1.165) is 5.69 Å². The highest BCUT2D eigenvalue weighted by atomic mass is 16.2. The molecule has 0 radical (unpaired) electrons. The zero-order chi connectivity index (χ0) is 23.3. The molecule has 33 heavy (non-hydrogen) atoms. The van der Waals surface area contributed by atoms with Gasteiger partial charge in [-0.25, -0.2) is 4.79 Å². The van der Waals surface area contributed by atoms with Gasteiger partial charge >= 0.3 is 6.03 Å². The summed E-state index contributed by atoms with van der Waals surface area (Å²) in [7, 11) is 0. The van der Waals surface area contributed by atoms with Crippen LogP contribution in [0.1, 0.15) is 66.8 Å². The summed E-state index contributed by atoms with van der Waals surface area (Å²) in [5.74, 6) is 0.0346. The second kappa shape index (κ2) is 8.01. The number of nitrogens with one attached hydrogen (secondary N) is 2. The Morgan fingerprint density at radius 1 is 1.12 bits per heavy atom. The Morgan fingerprint density at radius 2 is 1.76 bits per heavy atom. The number of hydrogen-bond acceptors (Lipinski definition) is 4. The van der Waals surface area contributed by atoms with Crippen LogP contribution in [0.25, 0.3) is 0 Å². The third-order valence-electron chi connectivity index (χ3n) is 7.68. The number of fused-ring (bicyclic) bond motifs is 1. The van der Waals surface area contributed by atoms with Gasteiger partial charge in [0.2, 0.25) is 0 Å². The largest absolute Gasteiger partial charge is 0.337 e. The summed E-state index contributed by atoms with van der Waals surface area (Å²) in [6.45, 7) is 7.03. The van der Waals surface area contributed by atoms with Gasteiger partial charge in [0.25, 0.3) is 11.8 Å². The van der Waals surface area contributed by atoms with Gasteiger partial charge in [0, 0.05) is 24.8 Å². The maximum absolute atomic E-state index is 13.5. The number of benzene rings is 1. The SMILES string of the molecule is CC(C)c1cc(C(=O)N2CCC(C3(C)NC(=O)N(C4Cc5ccccc5C4)C3=O)CC2)n[nH]1. The molecule has 3 heterocycles. The Labute approximate surface area is 193 Å². The van der Waals surface area contributed by atoms with Gasteiger partial charge in [0.15, 0.2) is 0 Å². The van der Waals surface area contributed by atoms with E-state index in [0.29, 0.717) is 44.5 Å². The summed E-state index contributed by atoms with van der Waals surface area (Å²) in [5.41, 5.74) is 2.86. The Balaban J connectivity index is 1.24. The fraction of sp³-hybridized carbons (Fsp3) is 0.520. The van der Waals surface area contributed by atoms with Crippen LogP contribution in [0.2, 0.25) is 0 Å². The molecule has 2 fully saturated rings. The first kappa shape index (κ1) is 21.7. The third kappa shape index (κ3) is 3.61. The molecule has 2 aliphatic heterocycles. The van der Waals surface area contributed by atoms with Crippen LogP contribution >= 0.6 is 0 Å². The molecule has 1 aliphatic carbocycles. The number of aromatic amines is 1. The van der Waals surface area contributed by atoms with Crippen LogP contribution < -0.4 is 5.32 Å². The molecular formula is C25H31N5O3. The number of likely N-dealkylation sites (tertiary alicyclic amines) is 1. The van der Waals surface area contributed by atoms with Crippen LogP contribution in [0.4, 0.5) is 4.79 Å². The van der Waals surface area contributed by atoms with Crippen molar-refractivity contribution in [2.45, 2.75) is 64.0 Å². The number of urea groups is 1. The lowest BCUT2D eigenvalue weighted by molar-refractivity contribution is -0.134. The average molecular weight is 450 g/mol. The Hall–Kier alpha value is -3.16. The molecule has 8 heteroatoms. The van der Waals surface area contributed by atoms with Crippen molar-refractivity contribution in [3.8, 4) is 0 Å². The van der Waals surface area contributed by atoms with Crippen molar-refractivity contribution in [1.82, 2.24) is 25.3 Å². The van der Waals surface area contributed by atoms with E-state index < -0.39 is 5.54 Å². The van der Waals surface area contributed by atoms with Crippen molar-refractivity contribution >= 4 is 17.8 Å². The summed E-state index contributed by atoms with van der Waals surface area (Å²) in [6.07, 6.45) is 2.74. The predicted molar refractivity (Wildman–Crippen MR) is 123 cm³/mol. The first-order chi connectivity index (χ1) is 15.8. The quantitative estimate of drug-likeness (QED) is 0.702. The predicted octanol–water partition coefficient (Wildman–Crippen LogP) is 2.86. The number of imide groups is 1. The van der Waals surface area contributed by atoms with Gasteiger partial charge in [-0.15, -0.1) is 0 Å². The summed E-state index contributed by atoms with van der Waals surface area (Å²) >= 11 is 0. The number of hydrogen-bond donors (Lipinski definition) is 2. The molecule has 1 aromatic carbocycles. The summed E-state index contributed by atoms with van der Waals surface area (Å²) < 4.78 is 0. The average Bonchev–Trinajstić information content (AvgIpc) is 3.50. The molecule has 0 saturated carbocycles. The maximum Gasteiger partial charge on any atom is 0.325 e. The van der Waals surface area contributed by atoms with Crippen LogP contribution in [0.3, 0.4) is 0 Å². The fourth-order valence-corrected chi connectivity index (χ4v) is 5.57. The number of rotatable bonds is 4. The normalized spacial score (nSPS) is 24.0. The number of carbonyl (C=O) groups excluding carboxylic acids is 3. The van der Waals surface area contributed by atoms with Gasteiger partial charge in [0.05, 0.1) is 0 Å². The molecule has 1 aromatic heterocycles. The number of carbonyl (C=O) groups is 3. The molecule has 0 bridgehead atoms. The van der Waals surface area contributed by atoms with Gasteiger partial charge in [0.1, 0.15) is 11.2 Å². The fourth-order valence-electron chi connectivity index (χ4n) is 5.57. The monoisotopic (exact) mass is 449 g/mol. The minimum atomic E-state index is -0.932. The van der Waals surface area contributed by atoms with E-state index in [4.69, 9.17) is 0 Å². The Bertz CT molecular complexity index is 1080.